The highest BCUT2D eigenvalue weighted by Gasteiger charge is 2.29. The molecule has 0 N–H and O–H groups in total. The Kier molecular flexibility index (Phi) is 5.94. The van der Waals surface area contributed by atoms with E-state index in [2.05, 4.69) is 26.7 Å². The van der Waals surface area contributed by atoms with Crippen molar-refractivity contribution in [3.05, 3.63) is 46.8 Å². The molecule has 1 aromatic carbocycles. The van der Waals surface area contributed by atoms with Gasteiger partial charge in [0.15, 0.2) is 5.82 Å². The Morgan fingerprint density at radius 3 is 2.90 bits per heavy atom. The van der Waals surface area contributed by atoms with Crippen LogP contribution in [0.4, 0.5) is 4.39 Å². The minimum atomic E-state index is -0.179. The zero-order chi connectivity index (χ0) is 20.4. The second-order valence-corrected chi connectivity index (χ2v) is 8.48. The number of hydrogen-bond acceptors (Lipinski definition) is 4. The summed E-state index contributed by atoms with van der Waals surface area (Å²) in [6.07, 6.45) is 4.42. The van der Waals surface area contributed by atoms with Crippen LogP contribution in [0, 0.1) is 12.7 Å². The smallest absolute Gasteiger partial charge is 0.223 e. The summed E-state index contributed by atoms with van der Waals surface area (Å²) in [4.78, 5) is 16.9. The van der Waals surface area contributed by atoms with Gasteiger partial charge in [0.05, 0.1) is 6.54 Å². The molecule has 6 nitrogen and oxygen atoms in total. The molecule has 7 heteroatoms. The molecule has 3 heterocycles. The van der Waals surface area contributed by atoms with E-state index in [0.29, 0.717) is 24.4 Å². The largest absolute Gasteiger partial charge is 0.333 e. The molecule has 2 aromatic rings. The predicted octanol–water partition coefficient (Wildman–Crippen LogP) is 2.90. The highest BCUT2D eigenvalue weighted by Crippen LogP contribution is 2.27. The fourth-order valence-corrected chi connectivity index (χ4v) is 4.54. The predicted molar refractivity (Wildman–Crippen MR) is 109 cm³/mol. The van der Waals surface area contributed by atoms with Gasteiger partial charge in [-0.15, -0.1) is 10.2 Å². The lowest BCUT2D eigenvalue weighted by atomic mass is 9.97. The average Bonchev–Trinajstić information content (AvgIpc) is 3.14. The number of piperidine rings is 1. The molecule has 0 spiro atoms. The Labute approximate surface area is 171 Å². The Bertz CT molecular complexity index is 880. The maximum absolute atomic E-state index is 13.4. The number of rotatable bonds is 5. The Balaban J connectivity index is 1.31. The SMILES string of the molecule is Cc1cc(CCCC(=O)N2CCn3c(nnc3[C@@H]3CCCN(C)C3)C2)ccc1F. The molecule has 1 aromatic heterocycles. The second kappa shape index (κ2) is 8.61. The fourth-order valence-electron chi connectivity index (χ4n) is 4.54. The lowest BCUT2D eigenvalue weighted by Crippen LogP contribution is -2.39. The topological polar surface area (TPSA) is 54.3 Å². The van der Waals surface area contributed by atoms with Crippen molar-refractivity contribution in [2.75, 3.05) is 26.7 Å². The summed E-state index contributed by atoms with van der Waals surface area (Å²) in [6, 6.07) is 5.18. The van der Waals surface area contributed by atoms with Crippen LogP contribution in [0.25, 0.3) is 0 Å². The van der Waals surface area contributed by atoms with Crippen molar-refractivity contribution in [2.45, 2.75) is 58.0 Å². The second-order valence-electron chi connectivity index (χ2n) is 8.48. The fraction of sp³-hybridized carbons (Fsp3) is 0.591. The molecule has 2 aliphatic rings. The first-order valence-corrected chi connectivity index (χ1v) is 10.6. The van der Waals surface area contributed by atoms with Crippen LogP contribution < -0.4 is 0 Å². The van der Waals surface area contributed by atoms with Crippen LogP contribution in [-0.4, -0.2) is 57.2 Å². The first-order valence-electron chi connectivity index (χ1n) is 10.6. The molecule has 29 heavy (non-hydrogen) atoms. The van der Waals surface area contributed by atoms with E-state index in [9.17, 15) is 9.18 Å². The third-order valence-corrected chi connectivity index (χ3v) is 6.20. The monoisotopic (exact) mass is 399 g/mol. The van der Waals surface area contributed by atoms with Crippen LogP contribution in [-0.2, 0) is 24.3 Å². The van der Waals surface area contributed by atoms with E-state index in [4.69, 9.17) is 0 Å². The molecule has 1 fully saturated rings. The molecule has 0 saturated carbocycles. The van der Waals surface area contributed by atoms with Crippen molar-refractivity contribution in [2.24, 2.45) is 0 Å². The molecular weight excluding hydrogens is 369 g/mol. The van der Waals surface area contributed by atoms with Crippen LogP contribution in [0.5, 0.6) is 0 Å². The Hall–Kier alpha value is -2.28. The van der Waals surface area contributed by atoms with Gasteiger partial charge in [-0.1, -0.05) is 12.1 Å². The minimum absolute atomic E-state index is 0.164. The van der Waals surface area contributed by atoms with E-state index >= 15 is 0 Å². The zero-order valence-electron chi connectivity index (χ0n) is 17.4. The number of likely N-dealkylation sites (N-methyl/N-ethyl adjacent to an activating group) is 1. The van der Waals surface area contributed by atoms with E-state index in [-0.39, 0.29) is 11.7 Å². The molecular formula is C22H30FN5O. The normalized spacial score (nSPS) is 20.0. The number of amides is 1. The molecule has 2 aliphatic heterocycles. The van der Waals surface area contributed by atoms with Gasteiger partial charge in [0, 0.05) is 32.0 Å². The Morgan fingerprint density at radius 1 is 1.24 bits per heavy atom. The van der Waals surface area contributed by atoms with Gasteiger partial charge >= 0.3 is 0 Å². The number of fused-ring (bicyclic) bond motifs is 1. The number of halogens is 1. The van der Waals surface area contributed by atoms with E-state index in [1.54, 1.807) is 13.0 Å². The molecule has 0 radical (unpaired) electrons. The summed E-state index contributed by atoms with van der Waals surface area (Å²) in [5, 5.41) is 8.88. The molecule has 0 bridgehead atoms. The summed E-state index contributed by atoms with van der Waals surface area (Å²) in [5.74, 6) is 2.42. The summed E-state index contributed by atoms with van der Waals surface area (Å²) < 4.78 is 15.6. The van der Waals surface area contributed by atoms with E-state index in [1.165, 1.54) is 12.5 Å². The maximum atomic E-state index is 13.4. The van der Waals surface area contributed by atoms with Gasteiger partial charge < -0.3 is 14.4 Å². The van der Waals surface area contributed by atoms with Crippen LogP contribution in [0.1, 0.15) is 54.4 Å². The quantitative estimate of drug-likeness (QED) is 0.776. The third-order valence-electron chi connectivity index (χ3n) is 6.20. The van der Waals surface area contributed by atoms with Gasteiger partial charge in [0.25, 0.3) is 0 Å². The van der Waals surface area contributed by atoms with E-state index in [0.717, 1.165) is 62.7 Å². The number of aromatic nitrogens is 3. The standard InChI is InChI=1S/C22H30FN5O/c1-16-13-17(8-9-19(16)23)5-3-7-21(29)27-11-12-28-20(15-27)24-25-22(28)18-6-4-10-26(2)14-18/h8-9,13,18H,3-7,10-12,14-15H2,1-2H3/t18-/m1/s1. The van der Waals surface area contributed by atoms with Crippen LogP contribution >= 0.6 is 0 Å². The van der Waals surface area contributed by atoms with Gasteiger partial charge in [-0.2, -0.15) is 0 Å². The van der Waals surface area contributed by atoms with Gasteiger partial charge in [-0.3, -0.25) is 4.79 Å². The van der Waals surface area contributed by atoms with Crippen LogP contribution in [0.15, 0.2) is 18.2 Å². The number of hydrogen-bond donors (Lipinski definition) is 0. The lowest BCUT2D eigenvalue weighted by Gasteiger charge is -2.32. The van der Waals surface area contributed by atoms with Gasteiger partial charge in [-0.05, 0) is 63.4 Å². The molecule has 0 aliphatic carbocycles. The molecule has 4 rings (SSSR count). The number of nitrogens with zero attached hydrogens (tertiary/aromatic N) is 5. The number of likely N-dealkylation sites (tertiary alicyclic amines) is 1. The molecule has 0 unspecified atom stereocenters. The van der Waals surface area contributed by atoms with Crippen LogP contribution in [0.2, 0.25) is 0 Å². The number of benzene rings is 1. The molecule has 156 valence electrons. The first kappa shape index (κ1) is 20.0. The number of carbonyl (C=O) groups is 1. The maximum Gasteiger partial charge on any atom is 0.223 e. The zero-order valence-corrected chi connectivity index (χ0v) is 17.4. The third kappa shape index (κ3) is 4.50. The van der Waals surface area contributed by atoms with Gasteiger partial charge in [0.2, 0.25) is 5.91 Å². The van der Waals surface area contributed by atoms with E-state index < -0.39 is 0 Å². The van der Waals surface area contributed by atoms with Crippen molar-refractivity contribution in [1.29, 1.82) is 0 Å². The van der Waals surface area contributed by atoms with E-state index in [1.807, 2.05) is 11.0 Å². The van der Waals surface area contributed by atoms with Gasteiger partial charge in [0.1, 0.15) is 11.6 Å². The van der Waals surface area contributed by atoms with Crippen molar-refractivity contribution >= 4 is 5.91 Å². The number of carbonyl (C=O) groups excluding carboxylic acids is 1. The minimum Gasteiger partial charge on any atom is -0.333 e. The highest BCUT2D eigenvalue weighted by molar-refractivity contribution is 5.76. The number of aryl methyl sites for hydroxylation is 2. The molecule has 1 saturated heterocycles. The van der Waals surface area contributed by atoms with Crippen molar-refractivity contribution < 1.29 is 9.18 Å². The van der Waals surface area contributed by atoms with Gasteiger partial charge in [-0.25, -0.2) is 4.39 Å². The first-order chi connectivity index (χ1) is 14.0. The van der Waals surface area contributed by atoms with Crippen molar-refractivity contribution in [1.82, 2.24) is 24.6 Å². The summed E-state index contributed by atoms with van der Waals surface area (Å²) in [6.45, 7) is 5.99. The summed E-state index contributed by atoms with van der Waals surface area (Å²) >= 11 is 0. The highest BCUT2D eigenvalue weighted by atomic mass is 19.1. The lowest BCUT2D eigenvalue weighted by molar-refractivity contribution is -0.132. The van der Waals surface area contributed by atoms with Crippen LogP contribution in [0.3, 0.4) is 0 Å². The average molecular weight is 400 g/mol. The summed E-state index contributed by atoms with van der Waals surface area (Å²) in [7, 11) is 2.16. The van der Waals surface area contributed by atoms with Crippen molar-refractivity contribution in [3.63, 3.8) is 0 Å². The van der Waals surface area contributed by atoms with Crippen molar-refractivity contribution in [3.8, 4) is 0 Å². The molecule has 1 atom stereocenters. The molecule has 1 amide bonds. The summed E-state index contributed by atoms with van der Waals surface area (Å²) in [5.41, 5.74) is 1.74. The Morgan fingerprint density at radius 2 is 2.10 bits per heavy atom.